The van der Waals surface area contributed by atoms with Crippen molar-refractivity contribution in [3.05, 3.63) is 143 Å². The summed E-state index contributed by atoms with van der Waals surface area (Å²) in [4.78, 5) is 118. The van der Waals surface area contributed by atoms with Gasteiger partial charge in [0.15, 0.2) is 6.10 Å². The van der Waals surface area contributed by atoms with Crippen LogP contribution in [0.3, 0.4) is 0 Å². The number of allylic oxidation sites excluding steroid dienone is 3. The van der Waals surface area contributed by atoms with Gasteiger partial charge < -0.3 is 47.7 Å². The van der Waals surface area contributed by atoms with E-state index in [4.69, 9.17) is 42.6 Å². The van der Waals surface area contributed by atoms with Gasteiger partial charge in [-0.05, 0) is 133 Å². The van der Waals surface area contributed by atoms with Crippen LogP contribution in [0.4, 0.5) is 0 Å². The van der Waals surface area contributed by atoms with Gasteiger partial charge in [-0.1, -0.05) is 108 Å². The zero-order valence-electron chi connectivity index (χ0n) is 49.7. The predicted octanol–water partition coefficient (Wildman–Crippen LogP) is 10.6. The Balaban J connectivity index is 1.73. The van der Waals surface area contributed by atoms with Crippen molar-refractivity contribution in [2.24, 2.45) is 35.5 Å². The standard InChI is InChI=1S/C65H78O19/c1-12-39(2)29-40(3)30-41(4)31-42(5)32-43(6)33-53(62(72)76-35-49-13-21-54(22-14-49)80-45(8)66)34-44(7)61(71)84-60(65(75)79-38-52-19-27-57(28-20-52)83-48(11)69)58(63(73)77-36-50-15-23-55(24-16-50)81-46(9)67)59(70)64(74)78-37-51-17-25-56(26-18-51)82-47(10)68/h13-28,32-33,39-42,44,58-60,70H,12,29-31,34-38H2,1-11H3. The number of carbonyl (C=O) groups excluding carboxylic acids is 9. The van der Waals surface area contributed by atoms with Gasteiger partial charge in [0.05, 0.1) is 5.92 Å². The van der Waals surface area contributed by atoms with Crippen molar-refractivity contribution < 1.29 is 90.9 Å². The van der Waals surface area contributed by atoms with Crippen LogP contribution in [0.25, 0.3) is 0 Å². The second-order valence-corrected chi connectivity index (χ2v) is 21.3. The Kier molecular flexibility index (Phi) is 27.7. The first kappa shape index (κ1) is 68.1. The predicted molar refractivity (Wildman–Crippen MR) is 306 cm³/mol. The van der Waals surface area contributed by atoms with Crippen LogP contribution in [0.15, 0.2) is 120 Å². The number of ether oxygens (including phenoxy) is 9. The first-order valence-corrected chi connectivity index (χ1v) is 27.8. The molecule has 19 heteroatoms. The average Bonchev–Trinajstić information content (AvgIpc) is 3.37. The largest absolute Gasteiger partial charge is 0.460 e. The Morgan fingerprint density at radius 1 is 0.452 bits per heavy atom. The molecule has 0 saturated heterocycles. The minimum Gasteiger partial charge on any atom is -0.460 e. The zero-order chi connectivity index (χ0) is 62.0. The van der Waals surface area contributed by atoms with Crippen molar-refractivity contribution in [1.29, 1.82) is 0 Å². The molecule has 1 N–H and O–H groups in total. The molecule has 0 aliphatic heterocycles. The Labute approximate surface area is 490 Å². The summed E-state index contributed by atoms with van der Waals surface area (Å²) in [5, 5.41) is 11.9. The van der Waals surface area contributed by atoms with E-state index in [1.807, 2.05) is 13.0 Å². The van der Waals surface area contributed by atoms with Gasteiger partial charge in [-0.25, -0.2) is 14.4 Å². The van der Waals surface area contributed by atoms with E-state index in [1.54, 1.807) is 30.3 Å². The molecule has 0 aliphatic carbocycles. The lowest BCUT2D eigenvalue weighted by molar-refractivity contribution is -0.190. The maximum Gasteiger partial charge on any atom is 0.348 e. The van der Waals surface area contributed by atoms with Crippen LogP contribution >= 0.6 is 0 Å². The molecule has 0 radical (unpaired) electrons. The lowest BCUT2D eigenvalue weighted by atomic mass is 9.84. The molecule has 0 amide bonds. The fourth-order valence-corrected chi connectivity index (χ4v) is 9.14. The lowest BCUT2D eigenvalue weighted by Gasteiger charge is -2.28. The Morgan fingerprint density at radius 2 is 0.810 bits per heavy atom. The Hall–Kier alpha value is -8.45. The maximum atomic E-state index is 14.6. The van der Waals surface area contributed by atoms with E-state index in [0.29, 0.717) is 45.6 Å². The molecule has 84 heavy (non-hydrogen) atoms. The van der Waals surface area contributed by atoms with Crippen molar-refractivity contribution in [3.63, 3.8) is 0 Å². The van der Waals surface area contributed by atoms with E-state index in [-0.39, 0.29) is 47.5 Å². The third kappa shape index (κ3) is 24.6. The van der Waals surface area contributed by atoms with Crippen LogP contribution < -0.4 is 18.9 Å². The van der Waals surface area contributed by atoms with Gasteiger partial charge in [0.2, 0.25) is 6.10 Å². The topological polar surface area (TPSA) is 257 Å². The summed E-state index contributed by atoms with van der Waals surface area (Å²) in [5.41, 5.74) is 2.30. The fourth-order valence-electron chi connectivity index (χ4n) is 9.14. The van der Waals surface area contributed by atoms with E-state index < -0.39 is 97.6 Å². The van der Waals surface area contributed by atoms with Gasteiger partial charge >= 0.3 is 53.7 Å². The molecule has 0 aliphatic rings. The second-order valence-electron chi connectivity index (χ2n) is 21.3. The molecule has 0 bridgehead atoms. The molecule has 0 heterocycles. The molecule has 4 aromatic rings. The summed E-state index contributed by atoms with van der Waals surface area (Å²) >= 11 is 0. The van der Waals surface area contributed by atoms with Gasteiger partial charge in [-0.15, -0.1) is 0 Å². The quantitative estimate of drug-likeness (QED) is 0.0161. The summed E-state index contributed by atoms with van der Waals surface area (Å²) in [6.07, 6.45) is 2.47. The van der Waals surface area contributed by atoms with Crippen LogP contribution in [0, 0.1) is 35.5 Å². The highest BCUT2D eigenvalue weighted by molar-refractivity contribution is 5.92. The summed E-state index contributed by atoms with van der Waals surface area (Å²) < 4.78 is 48.6. The van der Waals surface area contributed by atoms with E-state index in [9.17, 15) is 48.3 Å². The normalized spacial score (nSPS) is 14.3. The Bertz CT molecular complexity index is 2920. The third-order valence-corrected chi connectivity index (χ3v) is 13.1. The lowest BCUT2D eigenvalue weighted by Crippen LogP contribution is -2.50. The van der Waals surface area contributed by atoms with Crippen molar-refractivity contribution >= 4 is 53.7 Å². The van der Waals surface area contributed by atoms with Crippen LogP contribution in [-0.4, -0.2) is 71.0 Å². The molecule has 8 unspecified atom stereocenters. The average molecular weight is 1160 g/mol. The summed E-state index contributed by atoms with van der Waals surface area (Å²) in [5.74, 6) is -9.64. The molecule has 19 nitrogen and oxygen atoms in total. The highest BCUT2D eigenvalue weighted by Gasteiger charge is 2.48. The number of rotatable bonds is 31. The summed E-state index contributed by atoms with van der Waals surface area (Å²) in [7, 11) is 0. The molecule has 4 aromatic carbocycles. The van der Waals surface area contributed by atoms with Crippen LogP contribution in [0.2, 0.25) is 0 Å². The van der Waals surface area contributed by atoms with Crippen molar-refractivity contribution in [1.82, 2.24) is 0 Å². The minimum absolute atomic E-state index is 0.0312. The van der Waals surface area contributed by atoms with E-state index >= 15 is 0 Å². The van der Waals surface area contributed by atoms with Gasteiger partial charge in [-0.3, -0.25) is 28.8 Å². The number of carbonyl (C=O) groups is 9. The van der Waals surface area contributed by atoms with Crippen LogP contribution in [0.1, 0.15) is 131 Å². The molecule has 4 rings (SSSR count). The molecular weight excluding hydrogens is 1080 g/mol. The molecule has 0 saturated carbocycles. The second kappa shape index (κ2) is 34.2. The van der Waals surface area contributed by atoms with E-state index in [1.165, 1.54) is 107 Å². The fraction of sp³-hybridized carbons (Fsp3) is 0.431. The van der Waals surface area contributed by atoms with Crippen molar-refractivity contribution in [3.8, 4) is 23.0 Å². The number of hydrogen-bond donors (Lipinski definition) is 1. The highest BCUT2D eigenvalue weighted by Crippen LogP contribution is 2.29. The smallest absolute Gasteiger partial charge is 0.348 e. The van der Waals surface area contributed by atoms with Gasteiger partial charge in [0.1, 0.15) is 55.3 Å². The first-order valence-electron chi connectivity index (χ1n) is 27.8. The highest BCUT2D eigenvalue weighted by atomic mass is 16.6. The number of aliphatic hydroxyl groups is 1. The number of hydrogen-bond acceptors (Lipinski definition) is 19. The zero-order valence-corrected chi connectivity index (χ0v) is 49.7. The molecule has 0 fully saturated rings. The van der Waals surface area contributed by atoms with Crippen LogP contribution in [0.5, 0.6) is 23.0 Å². The monoisotopic (exact) mass is 1160 g/mol. The molecule has 8 atom stereocenters. The molecular formula is C65H78O19. The first-order chi connectivity index (χ1) is 39.8. The van der Waals surface area contributed by atoms with E-state index in [0.717, 1.165) is 25.7 Å². The van der Waals surface area contributed by atoms with Gasteiger partial charge in [0, 0.05) is 33.3 Å². The molecule has 452 valence electrons. The Morgan fingerprint density at radius 3 is 1.20 bits per heavy atom. The summed E-state index contributed by atoms with van der Waals surface area (Å²) in [6.45, 7) is 17.4. The molecule has 0 spiro atoms. The maximum absolute atomic E-state index is 14.6. The van der Waals surface area contributed by atoms with Gasteiger partial charge in [0.25, 0.3) is 0 Å². The number of esters is 9. The van der Waals surface area contributed by atoms with Gasteiger partial charge in [-0.2, -0.15) is 0 Å². The van der Waals surface area contributed by atoms with Crippen molar-refractivity contribution in [2.75, 3.05) is 0 Å². The summed E-state index contributed by atoms with van der Waals surface area (Å²) in [6, 6.07) is 23.7. The molecule has 0 aromatic heterocycles. The minimum atomic E-state index is -2.57. The number of benzene rings is 4. The van der Waals surface area contributed by atoms with Crippen molar-refractivity contribution in [2.45, 2.75) is 147 Å². The SMILES string of the molecule is CCC(C)CC(C)CC(C)CC(C)C=C(C)C=C(CC(C)C(=O)OC(C(=O)OCc1ccc(OC(C)=O)cc1)C(C(=O)OCc1ccc(OC(C)=O)cc1)C(O)C(=O)OCc1ccc(OC(C)=O)cc1)C(=O)OCc1ccc(OC(C)=O)cc1. The number of aliphatic hydroxyl groups excluding tert-OH is 1. The van der Waals surface area contributed by atoms with Crippen LogP contribution in [-0.2, 0) is 93.3 Å². The van der Waals surface area contributed by atoms with E-state index in [2.05, 4.69) is 34.6 Å². The third-order valence-electron chi connectivity index (χ3n) is 13.1.